The Bertz CT molecular complexity index is 520. The van der Waals surface area contributed by atoms with Gasteiger partial charge in [0.05, 0.1) is 11.5 Å². The highest BCUT2D eigenvalue weighted by Crippen LogP contribution is 2.19. The highest BCUT2D eigenvalue weighted by molar-refractivity contribution is 7.89. The molecule has 0 aliphatic heterocycles. The fraction of sp³-hybridized carbons (Fsp3) is 0.538. The maximum Gasteiger partial charge on any atom is 0.240 e. The van der Waals surface area contributed by atoms with Crippen LogP contribution in [-0.2, 0) is 21.3 Å². The fourth-order valence-corrected chi connectivity index (χ4v) is 2.81. The van der Waals surface area contributed by atoms with E-state index in [-0.39, 0.29) is 18.0 Å². The molecular formula is C13H21ClN2O3S. The summed E-state index contributed by atoms with van der Waals surface area (Å²) in [5, 5.41) is 0.467. The Balaban J connectivity index is 2.56. The molecule has 0 bridgehead atoms. The summed E-state index contributed by atoms with van der Waals surface area (Å²) in [5.74, 6) is 0. The lowest BCUT2D eigenvalue weighted by molar-refractivity contribution is 0.136. The molecule has 0 atom stereocenters. The molecule has 0 spiro atoms. The zero-order chi connectivity index (χ0) is 15.0. The molecule has 0 saturated carbocycles. The molecule has 0 saturated heterocycles. The average molecular weight is 321 g/mol. The van der Waals surface area contributed by atoms with Crippen LogP contribution in [0.2, 0.25) is 5.02 Å². The summed E-state index contributed by atoms with van der Waals surface area (Å²) in [5.41, 5.74) is 6.12. The van der Waals surface area contributed by atoms with Crippen LogP contribution >= 0.6 is 11.6 Å². The Hall–Kier alpha value is -0.660. The smallest absolute Gasteiger partial charge is 0.240 e. The molecule has 0 fully saturated rings. The lowest BCUT2D eigenvalue weighted by Gasteiger charge is -2.09. The number of nitrogens with one attached hydrogen (secondary N) is 1. The molecule has 20 heavy (non-hydrogen) atoms. The molecule has 3 N–H and O–H groups in total. The van der Waals surface area contributed by atoms with Crippen LogP contribution in [0.1, 0.15) is 25.3 Å². The van der Waals surface area contributed by atoms with Gasteiger partial charge in [-0.25, -0.2) is 13.1 Å². The van der Waals surface area contributed by atoms with Gasteiger partial charge in [0.15, 0.2) is 0 Å². The zero-order valence-electron chi connectivity index (χ0n) is 11.6. The van der Waals surface area contributed by atoms with Gasteiger partial charge in [0.2, 0.25) is 10.0 Å². The van der Waals surface area contributed by atoms with Crippen LogP contribution < -0.4 is 10.5 Å². The van der Waals surface area contributed by atoms with Gasteiger partial charge >= 0.3 is 0 Å². The molecule has 1 rings (SSSR count). The topological polar surface area (TPSA) is 81.4 Å². The van der Waals surface area contributed by atoms with E-state index < -0.39 is 10.0 Å². The Morgan fingerprint density at radius 1 is 1.35 bits per heavy atom. The number of unbranched alkanes of at least 4 members (excludes halogenated alkanes) is 1. The van der Waals surface area contributed by atoms with Crippen molar-refractivity contribution in [1.29, 1.82) is 0 Å². The molecule has 0 radical (unpaired) electrons. The summed E-state index contributed by atoms with van der Waals surface area (Å²) in [4.78, 5) is 0.163. The van der Waals surface area contributed by atoms with Gasteiger partial charge in [-0.1, -0.05) is 24.9 Å². The molecule has 114 valence electrons. The van der Waals surface area contributed by atoms with E-state index in [4.69, 9.17) is 22.1 Å². The molecular weight excluding hydrogens is 300 g/mol. The molecule has 0 heterocycles. The highest BCUT2D eigenvalue weighted by atomic mass is 35.5. The van der Waals surface area contributed by atoms with E-state index in [1.807, 2.05) is 0 Å². The number of sulfonamides is 1. The van der Waals surface area contributed by atoms with Gasteiger partial charge in [-0.15, -0.1) is 0 Å². The number of rotatable bonds is 9. The van der Waals surface area contributed by atoms with Crippen molar-refractivity contribution in [2.24, 2.45) is 5.73 Å². The molecule has 5 nitrogen and oxygen atoms in total. The average Bonchev–Trinajstić information content (AvgIpc) is 2.43. The summed E-state index contributed by atoms with van der Waals surface area (Å²) in [6.07, 6.45) is 2.03. The zero-order valence-corrected chi connectivity index (χ0v) is 13.1. The minimum absolute atomic E-state index is 0.163. The largest absolute Gasteiger partial charge is 0.380 e. The first-order valence-electron chi connectivity index (χ1n) is 6.57. The van der Waals surface area contributed by atoms with Gasteiger partial charge in [-0.05, 0) is 30.2 Å². The number of halogens is 1. The second-order valence-electron chi connectivity index (χ2n) is 4.32. The highest BCUT2D eigenvalue weighted by Gasteiger charge is 2.14. The molecule has 0 aliphatic carbocycles. The monoisotopic (exact) mass is 320 g/mol. The third kappa shape index (κ3) is 5.38. The Morgan fingerprint density at radius 3 is 2.75 bits per heavy atom. The minimum atomic E-state index is -3.55. The number of hydrogen-bond donors (Lipinski definition) is 2. The molecule has 7 heteroatoms. The molecule has 0 unspecified atom stereocenters. The van der Waals surface area contributed by atoms with E-state index in [0.717, 1.165) is 12.8 Å². The van der Waals surface area contributed by atoms with Crippen molar-refractivity contribution in [3.05, 3.63) is 28.8 Å². The summed E-state index contributed by atoms with van der Waals surface area (Å²) >= 11 is 5.91. The Kier molecular flexibility index (Phi) is 7.47. The van der Waals surface area contributed by atoms with E-state index in [1.165, 1.54) is 18.2 Å². The van der Waals surface area contributed by atoms with E-state index in [9.17, 15) is 8.42 Å². The number of benzene rings is 1. The number of nitrogens with two attached hydrogens (primary N) is 1. The van der Waals surface area contributed by atoms with Crippen LogP contribution in [0, 0.1) is 0 Å². The van der Waals surface area contributed by atoms with Crippen LogP contribution in [0.5, 0.6) is 0 Å². The van der Waals surface area contributed by atoms with Gasteiger partial charge in [-0.3, -0.25) is 0 Å². The van der Waals surface area contributed by atoms with E-state index in [0.29, 0.717) is 23.8 Å². The molecule has 0 aromatic heterocycles. The van der Waals surface area contributed by atoms with Crippen molar-refractivity contribution in [2.45, 2.75) is 31.2 Å². The van der Waals surface area contributed by atoms with Gasteiger partial charge < -0.3 is 10.5 Å². The first-order chi connectivity index (χ1) is 9.51. The van der Waals surface area contributed by atoms with Crippen molar-refractivity contribution in [2.75, 3.05) is 19.8 Å². The van der Waals surface area contributed by atoms with Gasteiger partial charge in [0, 0.05) is 24.7 Å². The lowest BCUT2D eigenvalue weighted by atomic mass is 10.2. The maximum absolute atomic E-state index is 12.0. The van der Waals surface area contributed by atoms with Gasteiger partial charge in [-0.2, -0.15) is 0 Å². The fourth-order valence-electron chi connectivity index (χ4n) is 1.55. The van der Waals surface area contributed by atoms with Crippen LogP contribution in [0.3, 0.4) is 0 Å². The Morgan fingerprint density at radius 2 is 2.10 bits per heavy atom. The second-order valence-corrected chi connectivity index (χ2v) is 6.50. The summed E-state index contributed by atoms with van der Waals surface area (Å²) in [7, 11) is -3.55. The number of hydrogen-bond acceptors (Lipinski definition) is 4. The lowest BCUT2D eigenvalue weighted by Crippen LogP contribution is -2.27. The maximum atomic E-state index is 12.0. The molecule has 0 amide bonds. The van der Waals surface area contributed by atoms with Crippen LogP contribution in [0.25, 0.3) is 0 Å². The normalized spacial score (nSPS) is 11.8. The quantitative estimate of drug-likeness (QED) is 0.681. The molecule has 1 aromatic carbocycles. The summed E-state index contributed by atoms with van der Waals surface area (Å²) < 4.78 is 31.9. The van der Waals surface area contributed by atoms with E-state index in [2.05, 4.69) is 11.6 Å². The van der Waals surface area contributed by atoms with Crippen molar-refractivity contribution in [3.8, 4) is 0 Å². The first-order valence-corrected chi connectivity index (χ1v) is 8.43. The molecule has 0 aliphatic rings. The van der Waals surface area contributed by atoms with Crippen LogP contribution in [-0.4, -0.2) is 28.2 Å². The van der Waals surface area contributed by atoms with Crippen LogP contribution in [0.4, 0.5) is 0 Å². The van der Waals surface area contributed by atoms with Gasteiger partial charge in [0.25, 0.3) is 0 Å². The van der Waals surface area contributed by atoms with Crippen molar-refractivity contribution in [3.63, 3.8) is 0 Å². The second kappa shape index (κ2) is 8.59. The van der Waals surface area contributed by atoms with Crippen molar-refractivity contribution >= 4 is 21.6 Å². The summed E-state index contributed by atoms with van der Waals surface area (Å²) in [6.45, 7) is 3.52. The first kappa shape index (κ1) is 17.4. The van der Waals surface area contributed by atoms with E-state index >= 15 is 0 Å². The SMILES string of the molecule is CCCCOCCNS(=O)(=O)c1ccc(Cl)c(CN)c1. The van der Waals surface area contributed by atoms with Gasteiger partial charge in [0.1, 0.15) is 0 Å². The van der Waals surface area contributed by atoms with Crippen molar-refractivity contribution < 1.29 is 13.2 Å². The molecule has 1 aromatic rings. The predicted molar refractivity (Wildman–Crippen MR) is 80.3 cm³/mol. The summed E-state index contributed by atoms with van der Waals surface area (Å²) in [6, 6.07) is 4.49. The van der Waals surface area contributed by atoms with Crippen LogP contribution in [0.15, 0.2) is 23.1 Å². The third-order valence-corrected chi connectivity index (χ3v) is 4.56. The van der Waals surface area contributed by atoms with Crippen molar-refractivity contribution in [1.82, 2.24) is 4.72 Å². The minimum Gasteiger partial charge on any atom is -0.380 e. The number of ether oxygens (including phenoxy) is 1. The standard InChI is InChI=1S/C13H21ClN2O3S/c1-2-3-7-19-8-6-16-20(17,18)12-4-5-13(14)11(9-12)10-15/h4-5,9,16H,2-3,6-8,10,15H2,1H3. The Labute approximate surface area is 125 Å². The van der Waals surface area contributed by atoms with E-state index in [1.54, 1.807) is 0 Å². The third-order valence-electron chi connectivity index (χ3n) is 2.73. The predicted octanol–water partition coefficient (Wildman–Crippen LogP) is 1.89.